The van der Waals surface area contributed by atoms with Crippen molar-refractivity contribution in [1.29, 1.82) is 0 Å². The number of fused-ring (bicyclic) bond motifs is 1. The number of ether oxygens (including phenoxy) is 3. The van der Waals surface area contributed by atoms with Crippen LogP contribution >= 0.6 is 0 Å². The molecule has 196 valence electrons. The van der Waals surface area contributed by atoms with E-state index in [4.69, 9.17) is 14.2 Å². The zero-order valence-electron chi connectivity index (χ0n) is 21.5. The molecule has 0 bridgehead atoms. The molecule has 1 aliphatic rings. The number of esters is 1. The van der Waals surface area contributed by atoms with Gasteiger partial charge in [-0.1, -0.05) is 39.5 Å². The van der Waals surface area contributed by atoms with Gasteiger partial charge in [-0.15, -0.1) is 0 Å². The molecule has 2 aromatic rings. The van der Waals surface area contributed by atoms with Gasteiger partial charge in [0.2, 0.25) is 5.88 Å². The Kier molecular flexibility index (Phi) is 7.85. The number of allylic oxidation sites excluding steroid dienone is 1. The van der Waals surface area contributed by atoms with Crippen molar-refractivity contribution in [2.75, 3.05) is 13.2 Å². The monoisotopic (exact) mass is 505 g/mol. The molecule has 1 amide bonds. The standard InChI is InChI=1S/C26H33F2N3O5/c1-8-26(27,28)21-22(30-18-12-10-9-11-17(18)29-21)35-19-13-31(24(33)36-25(5,6)7)20(16(19)4)23(32)34-14-15(2)3/h8-12,15-16,19-20H,1,13-14H2,2-7H3. The number of aromatic nitrogens is 2. The summed E-state index contributed by atoms with van der Waals surface area (Å²) >= 11 is 0. The number of carbonyl (C=O) groups excluding carboxylic acids is 2. The number of hydrogen-bond donors (Lipinski definition) is 0. The van der Waals surface area contributed by atoms with Crippen LogP contribution in [0.25, 0.3) is 11.0 Å². The minimum atomic E-state index is -3.52. The summed E-state index contributed by atoms with van der Waals surface area (Å²) in [5, 5.41) is 0. The fourth-order valence-corrected chi connectivity index (χ4v) is 3.81. The third-order valence-electron chi connectivity index (χ3n) is 5.60. The molecule has 0 N–H and O–H groups in total. The van der Waals surface area contributed by atoms with Gasteiger partial charge in [-0.25, -0.2) is 19.6 Å². The highest BCUT2D eigenvalue weighted by Crippen LogP contribution is 2.37. The van der Waals surface area contributed by atoms with Gasteiger partial charge in [0.25, 0.3) is 0 Å². The summed E-state index contributed by atoms with van der Waals surface area (Å²) < 4.78 is 46.4. The molecule has 8 nitrogen and oxygen atoms in total. The Morgan fingerprint density at radius 3 is 2.36 bits per heavy atom. The molecular weight excluding hydrogens is 472 g/mol. The first-order chi connectivity index (χ1) is 16.7. The van der Waals surface area contributed by atoms with Crippen LogP contribution in [0.4, 0.5) is 13.6 Å². The van der Waals surface area contributed by atoms with E-state index in [-0.39, 0.29) is 24.6 Å². The fourth-order valence-electron chi connectivity index (χ4n) is 3.81. The molecule has 36 heavy (non-hydrogen) atoms. The van der Waals surface area contributed by atoms with Crippen LogP contribution in [0.1, 0.15) is 47.2 Å². The molecule has 2 heterocycles. The first-order valence-electron chi connectivity index (χ1n) is 11.8. The van der Waals surface area contributed by atoms with Gasteiger partial charge in [-0.2, -0.15) is 8.78 Å². The number of carbonyl (C=O) groups is 2. The summed E-state index contributed by atoms with van der Waals surface area (Å²) in [5.41, 5.74) is -0.877. The normalized spacial score (nSPS) is 20.5. The summed E-state index contributed by atoms with van der Waals surface area (Å²) in [6.07, 6.45) is -1.12. The van der Waals surface area contributed by atoms with E-state index in [0.717, 1.165) is 0 Å². The topological polar surface area (TPSA) is 90.9 Å². The molecule has 0 aliphatic carbocycles. The SMILES string of the molecule is C=CC(F)(F)c1nc2ccccc2nc1OC1CN(C(=O)OC(C)(C)C)C(C(=O)OCC(C)C)C1C. The van der Waals surface area contributed by atoms with Gasteiger partial charge in [0.05, 0.1) is 24.2 Å². The number of benzene rings is 1. The second kappa shape index (κ2) is 10.4. The number of para-hydroxylation sites is 2. The predicted molar refractivity (Wildman–Crippen MR) is 130 cm³/mol. The highest BCUT2D eigenvalue weighted by molar-refractivity contribution is 5.83. The van der Waals surface area contributed by atoms with Crippen LogP contribution in [0.3, 0.4) is 0 Å². The predicted octanol–water partition coefficient (Wildman–Crippen LogP) is 5.11. The lowest BCUT2D eigenvalue weighted by Crippen LogP contribution is -2.46. The number of alkyl halides is 2. The van der Waals surface area contributed by atoms with Crippen molar-refractivity contribution in [1.82, 2.24) is 14.9 Å². The summed E-state index contributed by atoms with van der Waals surface area (Å²) in [6.45, 7) is 13.9. The van der Waals surface area contributed by atoms with Crippen molar-refractivity contribution in [3.8, 4) is 5.88 Å². The highest BCUT2D eigenvalue weighted by atomic mass is 19.3. The zero-order valence-corrected chi connectivity index (χ0v) is 21.5. The molecule has 1 aliphatic heterocycles. The Morgan fingerprint density at radius 1 is 1.19 bits per heavy atom. The molecule has 1 fully saturated rings. The van der Waals surface area contributed by atoms with Gasteiger partial charge < -0.3 is 14.2 Å². The van der Waals surface area contributed by atoms with Gasteiger partial charge >= 0.3 is 18.0 Å². The Labute approximate surface area is 209 Å². The van der Waals surface area contributed by atoms with Crippen LogP contribution in [0.5, 0.6) is 5.88 Å². The first-order valence-corrected chi connectivity index (χ1v) is 11.8. The second-order valence-corrected chi connectivity index (χ2v) is 10.3. The molecule has 3 unspecified atom stereocenters. The number of hydrogen-bond acceptors (Lipinski definition) is 7. The van der Waals surface area contributed by atoms with Gasteiger partial charge in [0.15, 0.2) is 5.69 Å². The van der Waals surface area contributed by atoms with Crippen LogP contribution in [0, 0.1) is 11.8 Å². The van der Waals surface area contributed by atoms with Crippen molar-refractivity contribution < 1.29 is 32.6 Å². The Hall–Kier alpha value is -3.30. The Morgan fingerprint density at radius 2 is 1.81 bits per heavy atom. The second-order valence-electron chi connectivity index (χ2n) is 10.3. The van der Waals surface area contributed by atoms with Gasteiger partial charge in [0, 0.05) is 5.92 Å². The van der Waals surface area contributed by atoms with Gasteiger partial charge in [-0.05, 0) is 44.9 Å². The van der Waals surface area contributed by atoms with E-state index in [2.05, 4.69) is 16.5 Å². The highest BCUT2D eigenvalue weighted by Gasteiger charge is 2.50. The van der Waals surface area contributed by atoms with Crippen molar-refractivity contribution in [3.63, 3.8) is 0 Å². The first kappa shape index (κ1) is 27.3. The number of amides is 1. The Bertz CT molecular complexity index is 1130. The third kappa shape index (κ3) is 6.09. The molecule has 3 atom stereocenters. The summed E-state index contributed by atoms with van der Waals surface area (Å²) in [7, 11) is 0. The maximum absolute atomic E-state index is 14.8. The van der Waals surface area contributed by atoms with Crippen LogP contribution in [-0.4, -0.2) is 57.8 Å². The quantitative estimate of drug-likeness (QED) is 0.382. The van der Waals surface area contributed by atoms with Gasteiger partial charge in [0.1, 0.15) is 17.7 Å². The average molecular weight is 506 g/mol. The summed E-state index contributed by atoms with van der Waals surface area (Å²) in [6, 6.07) is 5.54. The molecule has 1 saturated heterocycles. The molecule has 0 radical (unpaired) electrons. The van der Waals surface area contributed by atoms with Crippen molar-refractivity contribution in [2.45, 2.75) is 65.2 Å². The summed E-state index contributed by atoms with van der Waals surface area (Å²) in [4.78, 5) is 35.6. The van der Waals surface area contributed by atoms with E-state index in [0.29, 0.717) is 11.6 Å². The fraction of sp³-hybridized carbons (Fsp3) is 0.538. The van der Waals surface area contributed by atoms with Crippen LogP contribution in [0.15, 0.2) is 36.9 Å². The number of rotatable bonds is 7. The van der Waals surface area contributed by atoms with Crippen LogP contribution in [0.2, 0.25) is 0 Å². The lowest BCUT2D eigenvalue weighted by molar-refractivity contribution is -0.151. The largest absolute Gasteiger partial charge is 0.471 e. The van der Waals surface area contributed by atoms with Gasteiger partial charge in [-0.3, -0.25) is 4.90 Å². The molecule has 3 rings (SSSR count). The average Bonchev–Trinajstić information content (AvgIpc) is 3.12. The maximum atomic E-state index is 14.8. The van der Waals surface area contributed by atoms with E-state index in [9.17, 15) is 18.4 Å². The Balaban J connectivity index is 1.98. The van der Waals surface area contributed by atoms with Crippen LogP contribution in [-0.2, 0) is 20.2 Å². The van der Waals surface area contributed by atoms with E-state index < -0.39 is 53.2 Å². The molecule has 1 aromatic heterocycles. The molecule has 10 heteroatoms. The number of nitrogens with zero attached hydrogens (tertiary/aromatic N) is 3. The minimum absolute atomic E-state index is 0.0873. The van der Waals surface area contributed by atoms with Crippen molar-refractivity contribution >= 4 is 23.1 Å². The van der Waals surface area contributed by atoms with Crippen LogP contribution < -0.4 is 4.74 Å². The van der Waals surface area contributed by atoms with E-state index >= 15 is 0 Å². The van der Waals surface area contributed by atoms with E-state index in [1.807, 2.05) is 13.8 Å². The van der Waals surface area contributed by atoms with E-state index in [1.54, 1.807) is 52.0 Å². The minimum Gasteiger partial charge on any atom is -0.471 e. The molecule has 0 spiro atoms. The maximum Gasteiger partial charge on any atom is 0.411 e. The zero-order chi connectivity index (χ0) is 26.8. The van der Waals surface area contributed by atoms with Crippen molar-refractivity contribution in [3.05, 3.63) is 42.6 Å². The van der Waals surface area contributed by atoms with Crippen molar-refractivity contribution in [2.24, 2.45) is 11.8 Å². The smallest absolute Gasteiger partial charge is 0.411 e. The lowest BCUT2D eigenvalue weighted by atomic mass is 10.0. The third-order valence-corrected chi connectivity index (χ3v) is 5.60. The molecular formula is C26H33F2N3O5. The van der Waals surface area contributed by atoms with E-state index in [1.165, 1.54) is 4.90 Å². The summed E-state index contributed by atoms with van der Waals surface area (Å²) in [5.74, 6) is -5.06. The molecule has 0 saturated carbocycles. The molecule has 1 aromatic carbocycles. The number of halogens is 2. The lowest BCUT2D eigenvalue weighted by Gasteiger charge is -2.28. The number of likely N-dealkylation sites (tertiary alicyclic amines) is 1.